The van der Waals surface area contributed by atoms with E-state index < -0.39 is 11.6 Å². The van der Waals surface area contributed by atoms with Crippen LogP contribution in [0.3, 0.4) is 0 Å². The van der Waals surface area contributed by atoms with Crippen molar-refractivity contribution in [2.75, 3.05) is 0 Å². The lowest BCUT2D eigenvalue weighted by molar-refractivity contribution is -0.151. The molecule has 1 aliphatic heterocycles. The van der Waals surface area contributed by atoms with Crippen LogP contribution in [0.1, 0.15) is 5.56 Å². The van der Waals surface area contributed by atoms with Crippen LogP contribution in [0.5, 0.6) is 5.75 Å². The SMILES string of the molecule is O=C(O)C1(O)C=Nc2cccc(O)c21. The van der Waals surface area contributed by atoms with Crippen LogP contribution >= 0.6 is 0 Å². The predicted octanol–water partition coefficient (Wildman–Crippen LogP) is 0.380. The van der Waals surface area contributed by atoms with E-state index in [-0.39, 0.29) is 17.0 Å². The molecular formula is C9H7NO4. The first kappa shape index (κ1) is 8.71. The van der Waals surface area contributed by atoms with Gasteiger partial charge in [0, 0.05) is 0 Å². The maximum Gasteiger partial charge on any atom is 0.346 e. The number of phenols is 1. The molecule has 0 saturated carbocycles. The van der Waals surface area contributed by atoms with Gasteiger partial charge in [0.15, 0.2) is 0 Å². The second kappa shape index (κ2) is 2.55. The van der Waals surface area contributed by atoms with Gasteiger partial charge in [-0.05, 0) is 12.1 Å². The van der Waals surface area contributed by atoms with Gasteiger partial charge < -0.3 is 15.3 Å². The molecule has 2 rings (SSSR count). The van der Waals surface area contributed by atoms with Crippen molar-refractivity contribution < 1.29 is 20.1 Å². The normalized spacial score (nSPS) is 23.5. The van der Waals surface area contributed by atoms with Crippen molar-refractivity contribution in [2.45, 2.75) is 5.60 Å². The van der Waals surface area contributed by atoms with Gasteiger partial charge in [-0.3, -0.25) is 4.99 Å². The number of fused-ring (bicyclic) bond motifs is 1. The Morgan fingerprint density at radius 1 is 1.43 bits per heavy atom. The Bertz CT molecular complexity index is 440. The lowest BCUT2D eigenvalue weighted by Gasteiger charge is -2.15. The first-order chi connectivity index (χ1) is 6.55. The number of hydrogen-bond donors (Lipinski definition) is 3. The van der Waals surface area contributed by atoms with Gasteiger partial charge in [-0.25, -0.2) is 4.79 Å². The van der Waals surface area contributed by atoms with E-state index in [4.69, 9.17) is 5.11 Å². The Labute approximate surface area is 79.0 Å². The summed E-state index contributed by atoms with van der Waals surface area (Å²) in [4.78, 5) is 14.5. The number of hydrogen-bond acceptors (Lipinski definition) is 4. The molecule has 1 aromatic rings. The molecule has 0 spiro atoms. The number of aromatic hydroxyl groups is 1. The van der Waals surface area contributed by atoms with Crippen molar-refractivity contribution in [2.24, 2.45) is 4.99 Å². The van der Waals surface area contributed by atoms with Crippen molar-refractivity contribution in [1.82, 2.24) is 0 Å². The minimum absolute atomic E-state index is 0.0764. The van der Waals surface area contributed by atoms with Crippen LogP contribution < -0.4 is 0 Å². The summed E-state index contributed by atoms with van der Waals surface area (Å²) in [6.07, 6.45) is 0.902. The molecule has 3 N–H and O–H groups in total. The van der Waals surface area contributed by atoms with Gasteiger partial charge in [-0.15, -0.1) is 0 Å². The minimum atomic E-state index is -2.21. The number of carboxylic acids is 1. The van der Waals surface area contributed by atoms with E-state index in [1.165, 1.54) is 18.2 Å². The third-order valence-electron chi connectivity index (χ3n) is 2.12. The number of aliphatic hydroxyl groups is 1. The molecule has 0 aliphatic carbocycles. The molecule has 72 valence electrons. The Morgan fingerprint density at radius 3 is 2.79 bits per heavy atom. The summed E-state index contributed by atoms with van der Waals surface area (Å²) >= 11 is 0. The van der Waals surface area contributed by atoms with Crippen LogP contribution in [0.25, 0.3) is 0 Å². The summed E-state index contributed by atoms with van der Waals surface area (Å²) in [6.45, 7) is 0. The van der Waals surface area contributed by atoms with Gasteiger partial charge in [0.05, 0.1) is 17.5 Å². The average Bonchev–Trinajstić information content (AvgIpc) is 2.47. The summed E-state index contributed by atoms with van der Waals surface area (Å²) in [5.74, 6) is -1.73. The van der Waals surface area contributed by atoms with Crippen LogP contribution in [-0.2, 0) is 10.4 Å². The van der Waals surface area contributed by atoms with Gasteiger partial charge in [-0.2, -0.15) is 0 Å². The van der Waals surface area contributed by atoms with E-state index >= 15 is 0 Å². The molecular weight excluding hydrogens is 186 g/mol. The van der Waals surface area contributed by atoms with E-state index in [0.717, 1.165) is 6.21 Å². The van der Waals surface area contributed by atoms with Gasteiger partial charge in [0.25, 0.3) is 0 Å². The third-order valence-corrected chi connectivity index (χ3v) is 2.12. The standard InChI is InChI=1S/C9H7NO4/c11-6-3-1-2-5-7(6)9(14,4-10-5)8(12)13/h1-4,11,14H,(H,12,13). The largest absolute Gasteiger partial charge is 0.507 e. The summed E-state index contributed by atoms with van der Waals surface area (Å²) in [6, 6.07) is 4.35. The molecule has 1 heterocycles. The van der Waals surface area contributed by atoms with Crippen LogP contribution in [0.2, 0.25) is 0 Å². The molecule has 0 radical (unpaired) electrons. The Morgan fingerprint density at radius 2 is 2.14 bits per heavy atom. The number of carbonyl (C=O) groups is 1. The van der Waals surface area contributed by atoms with Crippen molar-refractivity contribution in [3.05, 3.63) is 23.8 Å². The highest BCUT2D eigenvalue weighted by atomic mass is 16.4. The zero-order valence-electron chi connectivity index (χ0n) is 7.01. The predicted molar refractivity (Wildman–Crippen MR) is 47.8 cm³/mol. The van der Waals surface area contributed by atoms with E-state index in [1.54, 1.807) is 0 Å². The molecule has 5 heteroatoms. The quantitative estimate of drug-likeness (QED) is 0.601. The third kappa shape index (κ3) is 0.928. The number of carboxylic acid groups (broad SMARTS) is 1. The van der Waals surface area contributed by atoms with Crippen LogP contribution in [0, 0.1) is 0 Å². The smallest absolute Gasteiger partial charge is 0.346 e. The highest BCUT2D eigenvalue weighted by Crippen LogP contribution is 2.40. The molecule has 0 bridgehead atoms. The highest BCUT2D eigenvalue weighted by Gasteiger charge is 2.44. The van der Waals surface area contributed by atoms with E-state index in [1.807, 2.05) is 0 Å². The number of phenolic OH excluding ortho intramolecular Hbond substituents is 1. The topological polar surface area (TPSA) is 90.1 Å². The highest BCUT2D eigenvalue weighted by molar-refractivity contribution is 6.04. The molecule has 1 unspecified atom stereocenters. The van der Waals surface area contributed by atoms with E-state index in [9.17, 15) is 15.0 Å². The lowest BCUT2D eigenvalue weighted by Crippen LogP contribution is -2.35. The van der Waals surface area contributed by atoms with Gasteiger partial charge in [-0.1, -0.05) is 6.07 Å². The second-order valence-corrected chi connectivity index (χ2v) is 3.00. The van der Waals surface area contributed by atoms with Gasteiger partial charge in [0.2, 0.25) is 5.60 Å². The van der Waals surface area contributed by atoms with Crippen molar-refractivity contribution in [3.8, 4) is 5.75 Å². The molecule has 1 aliphatic rings. The monoisotopic (exact) mass is 193 g/mol. The number of aliphatic carboxylic acids is 1. The van der Waals surface area contributed by atoms with Crippen LogP contribution in [0.15, 0.2) is 23.2 Å². The molecule has 1 aromatic carbocycles. The summed E-state index contributed by atoms with van der Waals surface area (Å²) in [7, 11) is 0. The molecule has 0 saturated heterocycles. The molecule has 0 aromatic heterocycles. The number of rotatable bonds is 1. The maximum absolute atomic E-state index is 10.8. The Kier molecular flexibility index (Phi) is 1.59. The lowest BCUT2D eigenvalue weighted by atomic mass is 9.95. The molecule has 0 amide bonds. The van der Waals surface area contributed by atoms with Gasteiger partial charge in [0.1, 0.15) is 5.75 Å². The first-order valence-electron chi connectivity index (χ1n) is 3.89. The van der Waals surface area contributed by atoms with E-state index in [0.29, 0.717) is 0 Å². The molecule has 5 nitrogen and oxygen atoms in total. The van der Waals surface area contributed by atoms with Crippen molar-refractivity contribution in [1.29, 1.82) is 0 Å². The van der Waals surface area contributed by atoms with E-state index in [2.05, 4.69) is 4.99 Å². The van der Waals surface area contributed by atoms with Crippen molar-refractivity contribution >= 4 is 17.9 Å². The summed E-state index contributed by atoms with van der Waals surface area (Å²) < 4.78 is 0. The fraction of sp³-hybridized carbons (Fsp3) is 0.111. The maximum atomic E-state index is 10.8. The van der Waals surface area contributed by atoms with Crippen molar-refractivity contribution in [3.63, 3.8) is 0 Å². The number of benzene rings is 1. The molecule has 1 atom stereocenters. The summed E-state index contributed by atoms with van der Waals surface area (Å²) in [5, 5.41) is 27.9. The zero-order chi connectivity index (χ0) is 10.3. The molecule has 0 fully saturated rings. The molecule has 14 heavy (non-hydrogen) atoms. The van der Waals surface area contributed by atoms with Crippen LogP contribution in [-0.4, -0.2) is 27.5 Å². The zero-order valence-corrected chi connectivity index (χ0v) is 7.01. The first-order valence-corrected chi connectivity index (χ1v) is 3.89. The second-order valence-electron chi connectivity index (χ2n) is 3.00. The van der Waals surface area contributed by atoms with Gasteiger partial charge >= 0.3 is 5.97 Å². The minimum Gasteiger partial charge on any atom is -0.507 e. The number of aliphatic imine (C=N–C) groups is 1. The average molecular weight is 193 g/mol. The fourth-order valence-electron chi connectivity index (χ4n) is 1.42. The summed E-state index contributed by atoms with van der Waals surface area (Å²) in [5.41, 5.74) is -2.01. The van der Waals surface area contributed by atoms with Crippen LogP contribution in [0.4, 0.5) is 5.69 Å². The fourth-order valence-corrected chi connectivity index (χ4v) is 1.42. The number of nitrogens with zero attached hydrogens (tertiary/aromatic N) is 1. The Hall–Kier alpha value is -1.88. The Balaban J connectivity index is 2.69.